The number of likely N-dealkylation sites (tertiary alicyclic amines) is 1. The number of amides is 1. The van der Waals surface area contributed by atoms with Crippen LogP contribution in [0.2, 0.25) is 0 Å². The molecule has 0 aliphatic carbocycles. The van der Waals surface area contributed by atoms with E-state index in [1.165, 1.54) is 0 Å². The summed E-state index contributed by atoms with van der Waals surface area (Å²) in [7, 11) is 0. The molecule has 1 aromatic carbocycles. The number of benzene rings is 1. The minimum Gasteiger partial charge on any atom is -0.481 e. The molecule has 1 heterocycles. The van der Waals surface area contributed by atoms with Gasteiger partial charge in [-0.1, -0.05) is 41.1 Å². The first-order chi connectivity index (χ1) is 10.9. The molecule has 4 nitrogen and oxygen atoms in total. The number of piperidine rings is 1. The first-order valence-corrected chi connectivity index (χ1v) is 9.00. The van der Waals surface area contributed by atoms with Crippen LogP contribution in [-0.4, -0.2) is 34.5 Å². The number of hydrogen-bond acceptors (Lipinski definition) is 2. The number of halogens is 1. The molecular formula is C18H24BrNO3. The first-order valence-electron chi connectivity index (χ1n) is 8.20. The van der Waals surface area contributed by atoms with Crippen molar-refractivity contribution in [3.63, 3.8) is 0 Å². The van der Waals surface area contributed by atoms with E-state index in [2.05, 4.69) is 15.9 Å². The highest BCUT2D eigenvalue weighted by atomic mass is 79.9. The number of carbonyl (C=O) groups is 2. The van der Waals surface area contributed by atoms with Crippen LogP contribution >= 0.6 is 15.9 Å². The second-order valence-corrected chi connectivity index (χ2v) is 7.21. The fourth-order valence-corrected chi connectivity index (χ4v) is 3.63. The Bertz CT molecular complexity index is 575. The highest BCUT2D eigenvalue weighted by Gasteiger charge is 2.35. The van der Waals surface area contributed by atoms with Crippen LogP contribution in [0.1, 0.15) is 38.7 Å². The summed E-state index contributed by atoms with van der Waals surface area (Å²) >= 11 is 3.54. The van der Waals surface area contributed by atoms with Crippen LogP contribution in [0.5, 0.6) is 0 Å². The molecule has 1 N–H and O–H groups in total. The predicted octanol–water partition coefficient (Wildman–Crippen LogP) is 3.73. The van der Waals surface area contributed by atoms with Crippen molar-refractivity contribution < 1.29 is 14.7 Å². The monoisotopic (exact) mass is 381 g/mol. The lowest BCUT2D eigenvalue weighted by molar-refractivity contribution is -0.148. The van der Waals surface area contributed by atoms with Crippen molar-refractivity contribution in [2.24, 2.45) is 11.8 Å². The van der Waals surface area contributed by atoms with Crippen LogP contribution in [0.15, 0.2) is 28.7 Å². The fraction of sp³-hybridized carbons (Fsp3) is 0.556. The van der Waals surface area contributed by atoms with Gasteiger partial charge in [-0.25, -0.2) is 0 Å². The van der Waals surface area contributed by atoms with Gasteiger partial charge in [0.1, 0.15) is 0 Å². The average molecular weight is 382 g/mol. The van der Waals surface area contributed by atoms with E-state index in [1.807, 2.05) is 38.1 Å². The number of carbonyl (C=O) groups excluding carboxylic acids is 1. The molecule has 2 rings (SSSR count). The summed E-state index contributed by atoms with van der Waals surface area (Å²) in [5.41, 5.74) is 1.12. The Hall–Kier alpha value is -1.36. The van der Waals surface area contributed by atoms with Crippen LogP contribution in [0.25, 0.3) is 0 Å². The number of rotatable bonds is 5. The Kier molecular flexibility index (Phi) is 6.22. The van der Waals surface area contributed by atoms with Crippen LogP contribution in [-0.2, 0) is 16.0 Å². The van der Waals surface area contributed by atoms with Crippen molar-refractivity contribution in [3.8, 4) is 0 Å². The van der Waals surface area contributed by atoms with Gasteiger partial charge in [-0.05, 0) is 44.2 Å². The standard InChI is InChI=1S/C18H24BrNO3/c1-3-13(10-14-6-4-5-7-16(14)19)17(21)20-11-15(18(22)23)9-8-12(20)2/h4-7,12-13,15H,3,8-11H2,1-2H3,(H,22,23). The molecule has 1 aliphatic heterocycles. The van der Waals surface area contributed by atoms with E-state index in [0.29, 0.717) is 19.4 Å². The number of carboxylic acid groups (broad SMARTS) is 1. The first kappa shape index (κ1) is 18.0. The lowest BCUT2D eigenvalue weighted by Gasteiger charge is -2.38. The topological polar surface area (TPSA) is 57.6 Å². The average Bonchev–Trinajstić information content (AvgIpc) is 2.53. The van der Waals surface area contributed by atoms with Gasteiger partial charge in [-0.2, -0.15) is 0 Å². The minimum absolute atomic E-state index is 0.0849. The normalized spacial score (nSPS) is 22.7. The van der Waals surface area contributed by atoms with Crippen molar-refractivity contribution in [2.45, 2.75) is 45.6 Å². The molecule has 0 aromatic heterocycles. The zero-order valence-electron chi connectivity index (χ0n) is 13.7. The van der Waals surface area contributed by atoms with Crippen LogP contribution in [0.3, 0.4) is 0 Å². The summed E-state index contributed by atoms with van der Waals surface area (Å²) in [5.74, 6) is -1.25. The third-order valence-electron chi connectivity index (χ3n) is 4.78. The van der Waals surface area contributed by atoms with E-state index < -0.39 is 11.9 Å². The van der Waals surface area contributed by atoms with Crippen LogP contribution in [0, 0.1) is 11.8 Å². The largest absolute Gasteiger partial charge is 0.481 e. The van der Waals surface area contributed by atoms with Gasteiger partial charge in [0.2, 0.25) is 5.91 Å². The van der Waals surface area contributed by atoms with Gasteiger partial charge in [0, 0.05) is 23.0 Å². The molecule has 0 radical (unpaired) electrons. The molecule has 23 heavy (non-hydrogen) atoms. The summed E-state index contributed by atoms with van der Waals surface area (Å²) in [6.45, 7) is 4.37. The maximum Gasteiger partial charge on any atom is 0.308 e. The van der Waals surface area contributed by atoms with Gasteiger partial charge in [0.25, 0.3) is 0 Å². The molecule has 5 heteroatoms. The quantitative estimate of drug-likeness (QED) is 0.844. The van der Waals surface area contributed by atoms with Gasteiger partial charge in [-0.3, -0.25) is 9.59 Å². The van der Waals surface area contributed by atoms with Gasteiger partial charge in [-0.15, -0.1) is 0 Å². The second-order valence-electron chi connectivity index (χ2n) is 6.35. The number of aliphatic carboxylic acids is 1. The van der Waals surface area contributed by atoms with Gasteiger partial charge in [0.05, 0.1) is 5.92 Å². The van der Waals surface area contributed by atoms with E-state index in [4.69, 9.17) is 0 Å². The summed E-state index contributed by atoms with van der Waals surface area (Å²) in [4.78, 5) is 26.0. The smallest absolute Gasteiger partial charge is 0.308 e. The van der Waals surface area contributed by atoms with Crippen molar-refractivity contribution in [1.29, 1.82) is 0 Å². The van der Waals surface area contributed by atoms with E-state index in [0.717, 1.165) is 22.9 Å². The molecule has 1 amide bonds. The Morgan fingerprint density at radius 1 is 1.35 bits per heavy atom. The highest BCUT2D eigenvalue weighted by Crippen LogP contribution is 2.27. The molecule has 1 saturated heterocycles. The van der Waals surface area contributed by atoms with Crippen molar-refractivity contribution in [3.05, 3.63) is 34.3 Å². The molecule has 1 aromatic rings. The van der Waals surface area contributed by atoms with E-state index >= 15 is 0 Å². The van der Waals surface area contributed by atoms with Gasteiger partial charge < -0.3 is 10.0 Å². The summed E-state index contributed by atoms with van der Waals surface area (Å²) in [6, 6.07) is 8.06. The predicted molar refractivity (Wildman–Crippen MR) is 93.2 cm³/mol. The summed E-state index contributed by atoms with van der Waals surface area (Å²) in [5, 5.41) is 9.25. The van der Waals surface area contributed by atoms with E-state index in [1.54, 1.807) is 4.90 Å². The van der Waals surface area contributed by atoms with Crippen molar-refractivity contribution in [1.82, 2.24) is 4.90 Å². The van der Waals surface area contributed by atoms with E-state index in [9.17, 15) is 14.7 Å². The molecule has 126 valence electrons. The Balaban J connectivity index is 2.12. The minimum atomic E-state index is -0.798. The third-order valence-corrected chi connectivity index (χ3v) is 5.55. The maximum atomic E-state index is 12.9. The molecular weight excluding hydrogens is 358 g/mol. The zero-order chi connectivity index (χ0) is 17.0. The Morgan fingerprint density at radius 2 is 2.04 bits per heavy atom. The number of nitrogens with zero attached hydrogens (tertiary/aromatic N) is 1. The third kappa shape index (κ3) is 4.34. The molecule has 1 fully saturated rings. The van der Waals surface area contributed by atoms with Crippen molar-refractivity contribution in [2.75, 3.05) is 6.54 Å². The number of carboxylic acids is 1. The van der Waals surface area contributed by atoms with Crippen LogP contribution < -0.4 is 0 Å². The maximum absolute atomic E-state index is 12.9. The molecule has 0 bridgehead atoms. The molecule has 3 atom stereocenters. The summed E-state index contributed by atoms with van der Waals surface area (Å²) in [6.07, 6.45) is 2.84. The Labute approximate surface area is 146 Å². The van der Waals surface area contributed by atoms with E-state index in [-0.39, 0.29) is 17.9 Å². The SMILES string of the molecule is CCC(Cc1ccccc1Br)C(=O)N1CC(C(=O)O)CCC1C. The summed E-state index contributed by atoms with van der Waals surface area (Å²) < 4.78 is 1.02. The zero-order valence-corrected chi connectivity index (χ0v) is 15.3. The second kappa shape index (κ2) is 7.95. The lowest BCUT2D eigenvalue weighted by atomic mass is 9.90. The Morgan fingerprint density at radius 3 is 2.65 bits per heavy atom. The molecule has 0 spiro atoms. The lowest BCUT2D eigenvalue weighted by Crippen LogP contribution is -2.49. The highest BCUT2D eigenvalue weighted by molar-refractivity contribution is 9.10. The van der Waals surface area contributed by atoms with Gasteiger partial charge in [0.15, 0.2) is 0 Å². The molecule has 0 saturated carbocycles. The van der Waals surface area contributed by atoms with Gasteiger partial charge >= 0.3 is 5.97 Å². The van der Waals surface area contributed by atoms with Crippen molar-refractivity contribution >= 4 is 27.8 Å². The van der Waals surface area contributed by atoms with Crippen LogP contribution in [0.4, 0.5) is 0 Å². The molecule has 1 aliphatic rings. The number of hydrogen-bond donors (Lipinski definition) is 1. The fourth-order valence-electron chi connectivity index (χ4n) is 3.19. The molecule has 3 unspecified atom stereocenters.